The van der Waals surface area contributed by atoms with Crippen LogP contribution in [0.3, 0.4) is 0 Å². The Morgan fingerprint density at radius 1 is 1.16 bits per heavy atom. The fourth-order valence-corrected chi connectivity index (χ4v) is 2.72. The number of rotatable bonds is 7. The fourth-order valence-electron chi connectivity index (χ4n) is 2.72. The summed E-state index contributed by atoms with van der Waals surface area (Å²) in [7, 11) is 4.24. The smallest absolute Gasteiger partial charge is 0.0473 e. The van der Waals surface area contributed by atoms with Gasteiger partial charge in [-0.05, 0) is 40.1 Å². The van der Waals surface area contributed by atoms with Crippen molar-refractivity contribution in [3.05, 3.63) is 35.4 Å². The third kappa shape index (κ3) is 4.60. The Bertz CT molecular complexity index is 359. The van der Waals surface area contributed by atoms with Gasteiger partial charge in [0.05, 0.1) is 0 Å². The first-order valence-electron chi connectivity index (χ1n) is 7.16. The molecule has 3 heteroatoms. The highest BCUT2D eigenvalue weighted by Crippen LogP contribution is 2.22. The van der Waals surface area contributed by atoms with Gasteiger partial charge < -0.3 is 10.6 Å². The van der Waals surface area contributed by atoms with E-state index in [1.807, 2.05) is 0 Å². The summed E-state index contributed by atoms with van der Waals surface area (Å²) in [5, 5.41) is 0. The highest BCUT2D eigenvalue weighted by atomic mass is 15.2. The van der Waals surface area contributed by atoms with Crippen LogP contribution in [-0.4, -0.2) is 49.6 Å². The molecule has 0 saturated heterocycles. The lowest BCUT2D eigenvalue weighted by molar-refractivity contribution is 0.131. The second kappa shape index (κ2) is 7.63. The maximum absolute atomic E-state index is 6.03. The Hall–Kier alpha value is -0.900. The zero-order valence-electron chi connectivity index (χ0n) is 13.1. The first-order chi connectivity index (χ1) is 8.99. The molecule has 2 atom stereocenters. The van der Waals surface area contributed by atoms with E-state index in [1.165, 1.54) is 11.1 Å². The van der Waals surface area contributed by atoms with Crippen molar-refractivity contribution in [3.63, 3.8) is 0 Å². The molecule has 0 aliphatic heterocycles. The van der Waals surface area contributed by atoms with Gasteiger partial charge >= 0.3 is 0 Å². The summed E-state index contributed by atoms with van der Waals surface area (Å²) in [5.41, 5.74) is 8.65. The Labute approximate surface area is 118 Å². The Balaban J connectivity index is 2.88. The zero-order valence-corrected chi connectivity index (χ0v) is 13.1. The molecule has 0 saturated carbocycles. The molecule has 1 aromatic rings. The summed E-state index contributed by atoms with van der Waals surface area (Å²) in [5.74, 6) is 0. The highest BCUT2D eigenvalue weighted by Gasteiger charge is 2.22. The van der Waals surface area contributed by atoms with E-state index < -0.39 is 0 Å². The van der Waals surface area contributed by atoms with E-state index in [2.05, 4.69) is 68.9 Å². The number of likely N-dealkylation sites (N-methyl/N-ethyl adjacent to an activating group) is 2. The molecule has 19 heavy (non-hydrogen) atoms. The number of hydrogen-bond donors (Lipinski definition) is 1. The summed E-state index contributed by atoms with van der Waals surface area (Å²) in [6.07, 6.45) is 0. The predicted molar refractivity (Wildman–Crippen MR) is 83.4 cm³/mol. The minimum Gasteiger partial charge on any atom is -0.329 e. The molecule has 108 valence electrons. The van der Waals surface area contributed by atoms with E-state index in [0.29, 0.717) is 18.6 Å². The summed E-state index contributed by atoms with van der Waals surface area (Å²) in [6, 6.07) is 9.55. The van der Waals surface area contributed by atoms with Crippen LogP contribution < -0.4 is 5.73 Å². The third-order valence-electron chi connectivity index (χ3n) is 3.65. The maximum atomic E-state index is 6.03. The van der Waals surface area contributed by atoms with E-state index in [0.717, 1.165) is 13.1 Å². The lowest BCUT2D eigenvalue weighted by Crippen LogP contribution is -2.44. The quantitative estimate of drug-likeness (QED) is 0.819. The van der Waals surface area contributed by atoms with Gasteiger partial charge in [-0.1, -0.05) is 36.8 Å². The number of aryl methyl sites for hydroxylation is 1. The van der Waals surface area contributed by atoms with Gasteiger partial charge in [0.2, 0.25) is 0 Å². The molecule has 0 bridgehead atoms. The number of hydrogen-bond acceptors (Lipinski definition) is 3. The summed E-state index contributed by atoms with van der Waals surface area (Å²) < 4.78 is 0. The maximum Gasteiger partial charge on any atom is 0.0473 e. The van der Waals surface area contributed by atoms with Crippen molar-refractivity contribution in [2.24, 2.45) is 5.73 Å². The van der Waals surface area contributed by atoms with Crippen molar-refractivity contribution in [1.29, 1.82) is 0 Å². The molecule has 1 rings (SSSR count). The molecular weight excluding hydrogens is 234 g/mol. The topological polar surface area (TPSA) is 32.5 Å². The summed E-state index contributed by atoms with van der Waals surface area (Å²) in [6.45, 7) is 9.34. The van der Waals surface area contributed by atoms with Gasteiger partial charge in [0, 0.05) is 25.2 Å². The molecule has 0 aromatic heterocycles. The molecule has 3 nitrogen and oxygen atoms in total. The second-order valence-corrected chi connectivity index (χ2v) is 5.60. The average molecular weight is 263 g/mol. The van der Waals surface area contributed by atoms with E-state index in [-0.39, 0.29) is 0 Å². The molecular formula is C16H29N3. The average Bonchev–Trinajstić information content (AvgIpc) is 2.36. The number of benzene rings is 1. The molecule has 0 fully saturated rings. The van der Waals surface area contributed by atoms with Crippen molar-refractivity contribution in [3.8, 4) is 0 Å². The normalized spacial score (nSPS) is 14.9. The van der Waals surface area contributed by atoms with Gasteiger partial charge in [0.25, 0.3) is 0 Å². The Morgan fingerprint density at radius 3 is 2.16 bits per heavy atom. The number of nitrogens with zero attached hydrogens (tertiary/aromatic N) is 2. The molecule has 0 heterocycles. The Morgan fingerprint density at radius 2 is 1.74 bits per heavy atom. The standard InChI is InChI=1S/C16H29N3/c1-6-19(14(3)12-18(4)5)16(11-17)15-9-7-13(2)8-10-15/h7-10,14,16H,6,11-12,17H2,1-5H3. The van der Waals surface area contributed by atoms with Gasteiger partial charge in [-0.15, -0.1) is 0 Å². The van der Waals surface area contributed by atoms with E-state index >= 15 is 0 Å². The first-order valence-corrected chi connectivity index (χ1v) is 7.16. The van der Waals surface area contributed by atoms with Crippen LogP contribution >= 0.6 is 0 Å². The Kier molecular flexibility index (Phi) is 6.49. The van der Waals surface area contributed by atoms with Gasteiger partial charge in [-0.2, -0.15) is 0 Å². The number of nitrogens with two attached hydrogens (primary N) is 1. The lowest BCUT2D eigenvalue weighted by Gasteiger charge is -2.36. The highest BCUT2D eigenvalue weighted by molar-refractivity contribution is 5.24. The predicted octanol–water partition coefficient (Wildman–Crippen LogP) is 2.27. The van der Waals surface area contributed by atoms with Gasteiger partial charge in [-0.3, -0.25) is 4.90 Å². The van der Waals surface area contributed by atoms with Crippen LogP contribution in [0.2, 0.25) is 0 Å². The van der Waals surface area contributed by atoms with Crippen molar-refractivity contribution >= 4 is 0 Å². The van der Waals surface area contributed by atoms with Crippen LogP contribution in [0.25, 0.3) is 0 Å². The minimum atomic E-state index is 0.306. The summed E-state index contributed by atoms with van der Waals surface area (Å²) in [4.78, 5) is 4.72. The largest absolute Gasteiger partial charge is 0.329 e. The van der Waals surface area contributed by atoms with Crippen LogP contribution in [0, 0.1) is 6.92 Å². The van der Waals surface area contributed by atoms with Crippen LogP contribution in [-0.2, 0) is 0 Å². The van der Waals surface area contributed by atoms with Crippen LogP contribution in [0.1, 0.15) is 31.0 Å². The molecule has 0 aliphatic carbocycles. The van der Waals surface area contributed by atoms with E-state index in [4.69, 9.17) is 5.73 Å². The minimum absolute atomic E-state index is 0.306. The van der Waals surface area contributed by atoms with E-state index in [1.54, 1.807) is 0 Å². The fraction of sp³-hybridized carbons (Fsp3) is 0.625. The molecule has 0 aliphatic rings. The monoisotopic (exact) mass is 263 g/mol. The van der Waals surface area contributed by atoms with Gasteiger partial charge in [0.1, 0.15) is 0 Å². The van der Waals surface area contributed by atoms with Crippen molar-refractivity contribution in [2.45, 2.75) is 32.9 Å². The van der Waals surface area contributed by atoms with Crippen molar-refractivity contribution < 1.29 is 0 Å². The van der Waals surface area contributed by atoms with Crippen LogP contribution in [0.4, 0.5) is 0 Å². The van der Waals surface area contributed by atoms with Crippen LogP contribution in [0.15, 0.2) is 24.3 Å². The lowest BCUT2D eigenvalue weighted by atomic mass is 10.0. The van der Waals surface area contributed by atoms with E-state index in [9.17, 15) is 0 Å². The molecule has 2 unspecified atom stereocenters. The van der Waals surface area contributed by atoms with Crippen molar-refractivity contribution in [1.82, 2.24) is 9.80 Å². The molecule has 0 amide bonds. The molecule has 1 aromatic carbocycles. The molecule has 0 radical (unpaired) electrons. The first kappa shape index (κ1) is 16.2. The zero-order chi connectivity index (χ0) is 14.4. The van der Waals surface area contributed by atoms with Gasteiger partial charge in [-0.25, -0.2) is 0 Å². The van der Waals surface area contributed by atoms with Gasteiger partial charge in [0.15, 0.2) is 0 Å². The summed E-state index contributed by atoms with van der Waals surface area (Å²) >= 11 is 0. The van der Waals surface area contributed by atoms with Crippen molar-refractivity contribution in [2.75, 3.05) is 33.7 Å². The molecule has 2 N–H and O–H groups in total. The second-order valence-electron chi connectivity index (χ2n) is 5.60. The SMILES string of the molecule is CCN(C(C)CN(C)C)C(CN)c1ccc(C)cc1. The molecule has 0 spiro atoms. The van der Waals surface area contributed by atoms with Crippen LogP contribution in [0.5, 0.6) is 0 Å². The third-order valence-corrected chi connectivity index (χ3v) is 3.65.